The van der Waals surface area contributed by atoms with E-state index in [1.165, 1.54) is 16.3 Å². The summed E-state index contributed by atoms with van der Waals surface area (Å²) in [6, 6.07) is 16.3. The van der Waals surface area contributed by atoms with E-state index in [4.69, 9.17) is 0 Å². The lowest BCUT2D eigenvalue weighted by Gasteiger charge is -2.06. The molecule has 6 heteroatoms. The zero-order valence-corrected chi connectivity index (χ0v) is 14.7. The second-order valence-electron chi connectivity index (χ2n) is 6.31. The highest BCUT2D eigenvalue weighted by atomic mass is 16.2. The molecule has 0 fully saturated rings. The van der Waals surface area contributed by atoms with Gasteiger partial charge < -0.3 is 5.32 Å². The molecule has 2 aromatic heterocycles. The zero-order chi connectivity index (χ0) is 18.1. The van der Waals surface area contributed by atoms with Crippen molar-refractivity contribution in [3.63, 3.8) is 0 Å². The summed E-state index contributed by atoms with van der Waals surface area (Å²) in [5.74, 6) is -0.238. The van der Waals surface area contributed by atoms with Gasteiger partial charge in [-0.3, -0.25) is 14.2 Å². The Morgan fingerprint density at radius 1 is 1.15 bits per heavy atom. The molecule has 6 nitrogen and oxygen atoms in total. The number of amides is 1. The fourth-order valence-corrected chi connectivity index (χ4v) is 2.99. The maximum atomic E-state index is 12.3. The van der Waals surface area contributed by atoms with E-state index in [0.717, 1.165) is 5.69 Å². The van der Waals surface area contributed by atoms with Gasteiger partial charge in [0, 0.05) is 18.9 Å². The molecule has 0 aliphatic rings. The van der Waals surface area contributed by atoms with Gasteiger partial charge in [-0.2, -0.15) is 10.2 Å². The summed E-state index contributed by atoms with van der Waals surface area (Å²) < 4.78 is 3.50. The van der Waals surface area contributed by atoms with Crippen molar-refractivity contribution < 1.29 is 4.79 Å². The summed E-state index contributed by atoms with van der Waals surface area (Å²) in [6.07, 6.45) is 3.48. The zero-order valence-electron chi connectivity index (χ0n) is 14.7. The fraction of sp³-hybridized carbons (Fsp3) is 0.150. The van der Waals surface area contributed by atoms with Crippen LogP contribution in [-0.2, 0) is 13.6 Å². The van der Waals surface area contributed by atoms with Gasteiger partial charge in [-0.05, 0) is 29.3 Å². The monoisotopic (exact) mass is 345 g/mol. The van der Waals surface area contributed by atoms with Gasteiger partial charge in [0.15, 0.2) is 5.69 Å². The Kier molecular flexibility index (Phi) is 4.01. The van der Waals surface area contributed by atoms with Crippen LogP contribution < -0.4 is 5.32 Å². The smallest absolute Gasteiger partial charge is 0.276 e. The first-order valence-electron chi connectivity index (χ1n) is 8.41. The lowest BCUT2D eigenvalue weighted by molar-refractivity contribution is 0.102. The van der Waals surface area contributed by atoms with Crippen LogP contribution in [0.1, 0.15) is 21.7 Å². The molecule has 0 bridgehead atoms. The molecule has 2 heterocycles. The Hall–Kier alpha value is -3.41. The number of fused-ring (bicyclic) bond motifs is 1. The number of aryl methyl sites for hydroxylation is 2. The standard InChI is InChI=1S/C20H19N5O/c1-14-10-19(23-24(14)2)20(26)22-17-11-21-25(13-17)12-16-8-5-7-15-6-3-4-9-18(15)16/h3-11,13H,12H2,1-2H3,(H,22,26). The summed E-state index contributed by atoms with van der Waals surface area (Å²) >= 11 is 0. The number of nitrogens with zero attached hydrogens (tertiary/aromatic N) is 4. The highest BCUT2D eigenvalue weighted by Gasteiger charge is 2.12. The number of carbonyl (C=O) groups is 1. The maximum absolute atomic E-state index is 12.3. The molecule has 1 N–H and O–H groups in total. The molecule has 26 heavy (non-hydrogen) atoms. The van der Waals surface area contributed by atoms with E-state index >= 15 is 0 Å². The van der Waals surface area contributed by atoms with Crippen molar-refractivity contribution in [3.8, 4) is 0 Å². The molecule has 130 valence electrons. The van der Waals surface area contributed by atoms with E-state index in [0.29, 0.717) is 17.9 Å². The molecule has 4 rings (SSSR count). The lowest BCUT2D eigenvalue weighted by Crippen LogP contribution is -2.12. The summed E-state index contributed by atoms with van der Waals surface area (Å²) in [6.45, 7) is 2.55. The highest BCUT2D eigenvalue weighted by Crippen LogP contribution is 2.20. The summed E-state index contributed by atoms with van der Waals surface area (Å²) in [5, 5.41) is 13.8. The van der Waals surface area contributed by atoms with Crippen LogP contribution in [0.5, 0.6) is 0 Å². The minimum atomic E-state index is -0.238. The molecule has 0 saturated carbocycles. The van der Waals surface area contributed by atoms with Crippen LogP contribution >= 0.6 is 0 Å². The van der Waals surface area contributed by atoms with E-state index in [-0.39, 0.29) is 5.91 Å². The van der Waals surface area contributed by atoms with Gasteiger partial charge in [0.25, 0.3) is 5.91 Å². The number of hydrogen-bond donors (Lipinski definition) is 1. The SMILES string of the molecule is Cc1cc(C(=O)Nc2cnn(Cc3cccc4ccccc34)c2)nn1C. The largest absolute Gasteiger partial charge is 0.318 e. The molecule has 4 aromatic rings. The van der Waals surface area contributed by atoms with Crippen LogP contribution in [0.3, 0.4) is 0 Å². The van der Waals surface area contributed by atoms with Gasteiger partial charge in [-0.15, -0.1) is 0 Å². The van der Waals surface area contributed by atoms with E-state index < -0.39 is 0 Å². The van der Waals surface area contributed by atoms with Gasteiger partial charge in [0.2, 0.25) is 0 Å². The van der Waals surface area contributed by atoms with Gasteiger partial charge in [-0.25, -0.2) is 0 Å². The van der Waals surface area contributed by atoms with Gasteiger partial charge >= 0.3 is 0 Å². The molecule has 1 amide bonds. The average Bonchev–Trinajstić information content (AvgIpc) is 3.22. The summed E-state index contributed by atoms with van der Waals surface area (Å²) in [7, 11) is 1.81. The predicted octanol–water partition coefficient (Wildman–Crippen LogP) is 3.38. The van der Waals surface area contributed by atoms with Crippen LogP contribution in [-0.4, -0.2) is 25.5 Å². The predicted molar refractivity (Wildman–Crippen MR) is 101 cm³/mol. The number of benzene rings is 2. The van der Waals surface area contributed by atoms with Crippen LogP contribution in [0.25, 0.3) is 10.8 Å². The second kappa shape index (κ2) is 6.48. The Morgan fingerprint density at radius 3 is 2.77 bits per heavy atom. The average molecular weight is 345 g/mol. The van der Waals surface area contributed by atoms with Crippen molar-refractivity contribution in [2.24, 2.45) is 7.05 Å². The van der Waals surface area contributed by atoms with Crippen molar-refractivity contribution in [2.45, 2.75) is 13.5 Å². The fourth-order valence-electron chi connectivity index (χ4n) is 2.99. The van der Waals surface area contributed by atoms with E-state index in [1.54, 1.807) is 16.9 Å². The Bertz CT molecular complexity index is 1070. The summed E-state index contributed by atoms with van der Waals surface area (Å²) in [4.78, 5) is 12.3. The van der Waals surface area contributed by atoms with Crippen LogP contribution in [0.4, 0.5) is 5.69 Å². The van der Waals surface area contributed by atoms with Gasteiger partial charge in [0.05, 0.1) is 18.4 Å². The number of carbonyl (C=O) groups excluding carboxylic acids is 1. The minimum absolute atomic E-state index is 0.238. The molecule has 0 atom stereocenters. The van der Waals surface area contributed by atoms with Crippen molar-refractivity contribution in [1.82, 2.24) is 19.6 Å². The molecular weight excluding hydrogens is 326 g/mol. The van der Waals surface area contributed by atoms with Crippen LogP contribution in [0, 0.1) is 6.92 Å². The molecule has 0 spiro atoms. The Balaban J connectivity index is 1.52. The first-order valence-corrected chi connectivity index (χ1v) is 8.41. The third-order valence-electron chi connectivity index (χ3n) is 4.45. The van der Waals surface area contributed by atoms with Crippen molar-refractivity contribution in [2.75, 3.05) is 5.32 Å². The first kappa shape index (κ1) is 16.1. The number of rotatable bonds is 4. The van der Waals surface area contributed by atoms with Crippen LogP contribution in [0.2, 0.25) is 0 Å². The van der Waals surface area contributed by atoms with E-state index in [9.17, 15) is 4.79 Å². The molecule has 0 unspecified atom stereocenters. The molecular formula is C20H19N5O. The van der Waals surface area contributed by atoms with E-state index in [1.807, 2.05) is 43.0 Å². The van der Waals surface area contributed by atoms with Gasteiger partial charge in [-0.1, -0.05) is 42.5 Å². The third kappa shape index (κ3) is 3.09. The first-order chi connectivity index (χ1) is 12.6. The number of anilines is 1. The highest BCUT2D eigenvalue weighted by molar-refractivity contribution is 6.02. The molecule has 0 aliphatic heterocycles. The normalized spacial score (nSPS) is 11.0. The molecule has 0 saturated heterocycles. The third-order valence-corrected chi connectivity index (χ3v) is 4.45. The molecule has 0 aliphatic carbocycles. The van der Waals surface area contributed by atoms with Crippen molar-refractivity contribution >= 4 is 22.4 Å². The van der Waals surface area contributed by atoms with E-state index in [2.05, 4.69) is 39.8 Å². The minimum Gasteiger partial charge on any atom is -0.318 e. The van der Waals surface area contributed by atoms with Crippen molar-refractivity contribution in [1.29, 1.82) is 0 Å². The van der Waals surface area contributed by atoms with Crippen molar-refractivity contribution in [3.05, 3.63) is 77.9 Å². The molecule has 0 radical (unpaired) electrons. The van der Waals surface area contributed by atoms with Gasteiger partial charge in [0.1, 0.15) is 0 Å². The number of hydrogen-bond acceptors (Lipinski definition) is 3. The lowest BCUT2D eigenvalue weighted by atomic mass is 10.0. The number of aromatic nitrogens is 4. The second-order valence-corrected chi connectivity index (χ2v) is 6.31. The Morgan fingerprint density at radius 2 is 1.96 bits per heavy atom. The topological polar surface area (TPSA) is 64.7 Å². The number of nitrogens with one attached hydrogen (secondary N) is 1. The quantitative estimate of drug-likeness (QED) is 0.617. The molecule has 2 aromatic carbocycles. The maximum Gasteiger partial charge on any atom is 0.276 e. The Labute approximate surface area is 151 Å². The van der Waals surface area contributed by atoms with Crippen LogP contribution in [0.15, 0.2) is 60.9 Å². The summed E-state index contributed by atoms with van der Waals surface area (Å²) in [5.41, 5.74) is 3.16.